The first-order valence-electron chi connectivity index (χ1n) is 10.4. The smallest absolute Gasteiger partial charge is 0.319 e. The number of urea groups is 1. The highest BCUT2D eigenvalue weighted by atomic mass is 35.5. The summed E-state index contributed by atoms with van der Waals surface area (Å²) in [5.74, 6) is 0.859. The Bertz CT molecular complexity index is 1090. The highest BCUT2D eigenvalue weighted by Gasteiger charge is 2.13. The molecule has 3 rings (SSSR count). The molecule has 3 aromatic rings. The van der Waals surface area contributed by atoms with Crippen molar-refractivity contribution >= 4 is 35.1 Å². The molecule has 0 bridgehead atoms. The van der Waals surface area contributed by atoms with E-state index in [4.69, 9.17) is 17.3 Å². The van der Waals surface area contributed by atoms with Crippen LogP contribution >= 0.6 is 11.6 Å². The van der Waals surface area contributed by atoms with Crippen LogP contribution < -0.4 is 21.7 Å². The van der Waals surface area contributed by atoms with Gasteiger partial charge in [0, 0.05) is 34.4 Å². The number of hydrogen-bond acceptors (Lipinski definition) is 5. The van der Waals surface area contributed by atoms with Gasteiger partial charge in [-0.05, 0) is 63.4 Å². The second kappa shape index (κ2) is 9.87. The number of anilines is 3. The number of nitrogens with two attached hydrogens (primary N) is 1. The first-order chi connectivity index (χ1) is 15.1. The quantitative estimate of drug-likeness (QED) is 0.408. The molecule has 0 aliphatic carbocycles. The Morgan fingerprint density at radius 1 is 1.09 bits per heavy atom. The highest BCUT2D eigenvalue weighted by Crippen LogP contribution is 2.28. The molecule has 0 aliphatic heterocycles. The van der Waals surface area contributed by atoms with Gasteiger partial charge >= 0.3 is 6.03 Å². The molecule has 8 heteroatoms. The van der Waals surface area contributed by atoms with Gasteiger partial charge in [-0.2, -0.15) is 4.98 Å². The number of halogens is 1. The number of rotatable bonds is 6. The summed E-state index contributed by atoms with van der Waals surface area (Å²) < 4.78 is 0. The van der Waals surface area contributed by atoms with Gasteiger partial charge in [-0.3, -0.25) is 0 Å². The van der Waals surface area contributed by atoms with E-state index in [1.165, 1.54) is 0 Å². The normalized spacial score (nSPS) is 11.2. The molecular formula is C24H29ClN6O. The minimum atomic E-state index is -0.286. The van der Waals surface area contributed by atoms with Crippen LogP contribution in [0.15, 0.2) is 48.5 Å². The fourth-order valence-corrected chi connectivity index (χ4v) is 3.35. The number of amides is 2. The number of hydrogen-bond donors (Lipinski definition) is 4. The van der Waals surface area contributed by atoms with Crippen molar-refractivity contribution < 1.29 is 4.79 Å². The predicted octanol–water partition coefficient (Wildman–Crippen LogP) is 5.26. The molecule has 2 amide bonds. The lowest BCUT2D eigenvalue weighted by Crippen LogP contribution is -2.43. The van der Waals surface area contributed by atoms with Crippen LogP contribution in [0.2, 0.25) is 5.02 Å². The fourth-order valence-electron chi connectivity index (χ4n) is 3.17. The molecular weight excluding hydrogens is 424 g/mol. The van der Waals surface area contributed by atoms with Crippen molar-refractivity contribution in [2.24, 2.45) is 0 Å². The Kier molecular flexibility index (Phi) is 7.20. The number of carbonyl (C=O) groups excluding carboxylic acids is 1. The summed E-state index contributed by atoms with van der Waals surface area (Å²) in [7, 11) is 0. The molecule has 0 radical (unpaired) electrons. The monoisotopic (exact) mass is 452 g/mol. The molecule has 1 aromatic heterocycles. The van der Waals surface area contributed by atoms with Crippen LogP contribution in [0.3, 0.4) is 0 Å². The summed E-state index contributed by atoms with van der Waals surface area (Å²) in [5, 5.41) is 9.70. The number of nitrogens with one attached hydrogen (secondary N) is 3. The van der Waals surface area contributed by atoms with Gasteiger partial charge in [0.2, 0.25) is 5.95 Å². The number of nitrogen functional groups attached to an aromatic ring is 1. The average molecular weight is 453 g/mol. The van der Waals surface area contributed by atoms with E-state index < -0.39 is 0 Å². The first kappa shape index (κ1) is 23.3. The molecule has 0 aliphatic rings. The summed E-state index contributed by atoms with van der Waals surface area (Å²) in [6.07, 6.45) is 0.782. The van der Waals surface area contributed by atoms with E-state index in [9.17, 15) is 4.79 Å². The van der Waals surface area contributed by atoms with Crippen LogP contribution in [0.4, 0.5) is 22.2 Å². The van der Waals surface area contributed by atoms with Gasteiger partial charge < -0.3 is 21.7 Å². The Morgan fingerprint density at radius 3 is 2.50 bits per heavy atom. The van der Waals surface area contributed by atoms with Crippen molar-refractivity contribution in [1.82, 2.24) is 15.3 Å². The molecule has 7 nitrogen and oxygen atoms in total. The molecule has 2 aromatic carbocycles. The molecule has 0 spiro atoms. The molecule has 168 valence electrons. The molecule has 5 N–H and O–H groups in total. The van der Waals surface area contributed by atoms with E-state index in [1.807, 2.05) is 76.2 Å². The standard InChI is InChI=1S/C24H29ClN6O/c1-15-18(6-5-7-19(15)25)20-14-21(30-22(26)29-20)27-13-12-16-8-10-17(11-9-16)28-23(32)31-24(2,3)4/h5-11,14H,12-13H2,1-4H3,(H2,28,31,32)(H3,26,27,29,30). The van der Waals surface area contributed by atoms with Crippen molar-refractivity contribution in [2.45, 2.75) is 39.7 Å². The number of benzene rings is 2. The van der Waals surface area contributed by atoms with Crippen LogP contribution in [0.1, 0.15) is 31.9 Å². The van der Waals surface area contributed by atoms with E-state index in [0.717, 1.165) is 34.5 Å². The summed E-state index contributed by atoms with van der Waals surface area (Å²) in [6.45, 7) is 8.43. The van der Waals surface area contributed by atoms with Gasteiger partial charge in [-0.1, -0.05) is 35.9 Å². The minimum Gasteiger partial charge on any atom is -0.370 e. The summed E-state index contributed by atoms with van der Waals surface area (Å²) in [6, 6.07) is 15.1. The Labute approximate surface area is 193 Å². The third-order valence-corrected chi connectivity index (χ3v) is 5.12. The van der Waals surface area contributed by atoms with Crippen molar-refractivity contribution in [2.75, 3.05) is 22.9 Å². The zero-order valence-electron chi connectivity index (χ0n) is 18.8. The Morgan fingerprint density at radius 2 is 1.81 bits per heavy atom. The lowest BCUT2D eigenvalue weighted by Gasteiger charge is -2.20. The van der Waals surface area contributed by atoms with Crippen molar-refractivity contribution in [3.8, 4) is 11.3 Å². The summed E-state index contributed by atoms with van der Waals surface area (Å²) in [5.41, 5.74) is 10.1. The summed E-state index contributed by atoms with van der Waals surface area (Å²) in [4.78, 5) is 20.6. The largest absolute Gasteiger partial charge is 0.370 e. The molecule has 0 saturated carbocycles. The van der Waals surface area contributed by atoms with E-state index in [0.29, 0.717) is 17.4 Å². The second-order valence-electron chi connectivity index (χ2n) is 8.61. The number of carbonyl (C=O) groups is 1. The maximum absolute atomic E-state index is 12.0. The van der Waals surface area contributed by atoms with Crippen molar-refractivity contribution in [3.63, 3.8) is 0 Å². The Balaban J connectivity index is 1.59. The molecule has 0 unspecified atom stereocenters. The first-order valence-corrected chi connectivity index (χ1v) is 10.8. The zero-order valence-corrected chi connectivity index (χ0v) is 19.5. The molecule has 0 fully saturated rings. The highest BCUT2D eigenvalue weighted by molar-refractivity contribution is 6.31. The molecule has 32 heavy (non-hydrogen) atoms. The van der Waals surface area contributed by atoms with Crippen molar-refractivity contribution in [3.05, 3.63) is 64.7 Å². The third kappa shape index (κ3) is 6.59. The van der Waals surface area contributed by atoms with E-state index >= 15 is 0 Å². The molecule has 1 heterocycles. The van der Waals surface area contributed by atoms with Crippen LogP contribution in [0.25, 0.3) is 11.3 Å². The van der Waals surface area contributed by atoms with Crippen LogP contribution in [-0.2, 0) is 6.42 Å². The van der Waals surface area contributed by atoms with Crippen LogP contribution in [-0.4, -0.2) is 28.1 Å². The molecule has 0 saturated heterocycles. The fraction of sp³-hybridized carbons (Fsp3) is 0.292. The van der Waals surface area contributed by atoms with E-state index in [-0.39, 0.29) is 17.5 Å². The maximum atomic E-state index is 12.0. The maximum Gasteiger partial charge on any atom is 0.319 e. The molecule has 0 atom stereocenters. The average Bonchev–Trinajstić information content (AvgIpc) is 2.69. The van der Waals surface area contributed by atoms with E-state index in [1.54, 1.807) is 0 Å². The Hall–Kier alpha value is -3.32. The van der Waals surface area contributed by atoms with Gasteiger partial charge in [0.05, 0.1) is 5.69 Å². The van der Waals surface area contributed by atoms with Crippen LogP contribution in [0.5, 0.6) is 0 Å². The number of aromatic nitrogens is 2. The predicted molar refractivity (Wildman–Crippen MR) is 132 cm³/mol. The lowest BCUT2D eigenvalue weighted by atomic mass is 10.1. The van der Waals surface area contributed by atoms with Gasteiger partial charge in [0.15, 0.2) is 0 Å². The van der Waals surface area contributed by atoms with Crippen LogP contribution in [0, 0.1) is 6.92 Å². The van der Waals surface area contributed by atoms with Gasteiger partial charge in [-0.15, -0.1) is 0 Å². The SMILES string of the molecule is Cc1c(Cl)cccc1-c1cc(NCCc2ccc(NC(=O)NC(C)(C)C)cc2)nc(N)n1. The second-order valence-corrected chi connectivity index (χ2v) is 9.02. The third-order valence-electron chi connectivity index (χ3n) is 4.71. The number of nitrogens with zero attached hydrogens (tertiary/aromatic N) is 2. The topological polar surface area (TPSA) is 105 Å². The minimum absolute atomic E-state index is 0.202. The lowest BCUT2D eigenvalue weighted by molar-refractivity contribution is 0.244. The zero-order chi connectivity index (χ0) is 23.3. The van der Waals surface area contributed by atoms with E-state index in [2.05, 4.69) is 25.9 Å². The van der Waals surface area contributed by atoms with Gasteiger partial charge in [0.1, 0.15) is 5.82 Å². The van der Waals surface area contributed by atoms with Crippen molar-refractivity contribution in [1.29, 1.82) is 0 Å². The van der Waals surface area contributed by atoms with Gasteiger partial charge in [0.25, 0.3) is 0 Å². The summed E-state index contributed by atoms with van der Waals surface area (Å²) >= 11 is 6.24. The van der Waals surface area contributed by atoms with Gasteiger partial charge in [-0.25, -0.2) is 9.78 Å².